The number of nitrogens with one attached hydrogen (secondary N) is 2. The van der Waals surface area contributed by atoms with Gasteiger partial charge in [0.15, 0.2) is 0 Å². The fourth-order valence-electron chi connectivity index (χ4n) is 3.82. The van der Waals surface area contributed by atoms with E-state index in [2.05, 4.69) is 48.0 Å². The molecule has 0 bridgehead atoms. The first-order valence-corrected chi connectivity index (χ1v) is 9.71. The van der Waals surface area contributed by atoms with Crippen LogP contribution in [-0.4, -0.2) is 50.7 Å². The fraction of sp³-hybridized carbons (Fsp3) is 0.650. The van der Waals surface area contributed by atoms with Gasteiger partial charge in [0.25, 0.3) is 5.56 Å². The summed E-state index contributed by atoms with van der Waals surface area (Å²) in [5.41, 5.74) is 3.05. The van der Waals surface area contributed by atoms with E-state index < -0.39 is 0 Å². The molecule has 2 aromatic heterocycles. The Labute approximate surface area is 161 Å². The first-order chi connectivity index (χ1) is 12.6. The van der Waals surface area contributed by atoms with Crippen molar-refractivity contribution < 1.29 is 4.79 Å². The zero-order valence-corrected chi connectivity index (χ0v) is 17.6. The molecule has 2 aromatic rings. The molecule has 1 amide bonds. The molecule has 0 spiro atoms. The molecule has 0 saturated carbocycles. The number of H-pyrrole nitrogens is 1. The van der Waals surface area contributed by atoms with Gasteiger partial charge in [-0.1, -0.05) is 0 Å². The summed E-state index contributed by atoms with van der Waals surface area (Å²) in [6.07, 6.45) is 0.730. The van der Waals surface area contributed by atoms with Crippen molar-refractivity contribution in [1.82, 2.24) is 25.0 Å². The highest BCUT2D eigenvalue weighted by molar-refractivity contribution is 5.83. The zero-order valence-electron chi connectivity index (χ0n) is 17.6. The van der Waals surface area contributed by atoms with Crippen LogP contribution in [0.25, 0.3) is 11.0 Å². The van der Waals surface area contributed by atoms with E-state index in [9.17, 15) is 9.59 Å². The van der Waals surface area contributed by atoms with Crippen LogP contribution in [0.5, 0.6) is 0 Å². The third kappa shape index (κ3) is 4.77. The molecule has 0 aliphatic rings. The number of hydrogen-bond acceptors (Lipinski definition) is 4. The second-order valence-corrected chi connectivity index (χ2v) is 7.77. The van der Waals surface area contributed by atoms with Gasteiger partial charge in [-0.05, 0) is 53.5 Å². The highest BCUT2D eigenvalue weighted by atomic mass is 16.1. The standard InChI is InChI=1S/C20H33N5O2/c1-12(2)25(13(3)4)11-10-21-17(26)9-8-16-14(5)18-15(6)23-24(7)19(18)22-20(16)27/h12-13H,8-11H2,1-7H3,(H,21,26)(H,22,27). The number of hydrogen-bond donors (Lipinski definition) is 2. The Morgan fingerprint density at radius 3 is 2.44 bits per heavy atom. The fourth-order valence-corrected chi connectivity index (χ4v) is 3.82. The van der Waals surface area contributed by atoms with E-state index in [0.29, 0.717) is 37.0 Å². The first-order valence-electron chi connectivity index (χ1n) is 9.71. The maximum atomic E-state index is 12.4. The monoisotopic (exact) mass is 375 g/mol. The topological polar surface area (TPSA) is 83.0 Å². The molecule has 7 heteroatoms. The van der Waals surface area contributed by atoms with Gasteiger partial charge in [-0.25, -0.2) is 0 Å². The molecule has 150 valence electrons. The molecular weight excluding hydrogens is 342 g/mol. The van der Waals surface area contributed by atoms with E-state index in [1.54, 1.807) is 4.68 Å². The summed E-state index contributed by atoms with van der Waals surface area (Å²) in [7, 11) is 1.81. The van der Waals surface area contributed by atoms with Crippen LogP contribution in [-0.2, 0) is 18.3 Å². The summed E-state index contributed by atoms with van der Waals surface area (Å²) >= 11 is 0. The summed E-state index contributed by atoms with van der Waals surface area (Å²) < 4.78 is 1.69. The minimum absolute atomic E-state index is 0.0238. The van der Waals surface area contributed by atoms with Gasteiger partial charge in [0.2, 0.25) is 5.91 Å². The predicted molar refractivity (Wildman–Crippen MR) is 109 cm³/mol. The van der Waals surface area contributed by atoms with Crippen molar-refractivity contribution in [1.29, 1.82) is 0 Å². The summed E-state index contributed by atoms with van der Waals surface area (Å²) in [4.78, 5) is 29.9. The molecule has 27 heavy (non-hydrogen) atoms. The van der Waals surface area contributed by atoms with Gasteiger partial charge in [-0.2, -0.15) is 5.10 Å². The minimum Gasteiger partial charge on any atom is -0.355 e. The summed E-state index contributed by atoms with van der Waals surface area (Å²) in [6, 6.07) is 0.884. The number of pyridine rings is 1. The molecule has 0 aromatic carbocycles. The number of aryl methyl sites for hydroxylation is 3. The summed E-state index contributed by atoms with van der Waals surface area (Å²) in [5, 5.41) is 8.32. The van der Waals surface area contributed by atoms with Crippen molar-refractivity contribution in [3.8, 4) is 0 Å². The Bertz CT molecular complexity index is 855. The lowest BCUT2D eigenvalue weighted by Crippen LogP contribution is -2.42. The average Bonchev–Trinajstić information content (AvgIpc) is 2.84. The molecule has 0 aliphatic heterocycles. The van der Waals surface area contributed by atoms with E-state index >= 15 is 0 Å². The van der Waals surface area contributed by atoms with E-state index in [1.807, 2.05) is 20.9 Å². The van der Waals surface area contributed by atoms with E-state index in [4.69, 9.17) is 0 Å². The number of amides is 1. The molecule has 2 rings (SSSR count). The van der Waals surface area contributed by atoms with Gasteiger partial charge < -0.3 is 10.3 Å². The quantitative estimate of drug-likeness (QED) is 0.740. The highest BCUT2D eigenvalue weighted by Crippen LogP contribution is 2.21. The largest absolute Gasteiger partial charge is 0.355 e. The van der Waals surface area contributed by atoms with Crippen molar-refractivity contribution in [3.63, 3.8) is 0 Å². The number of rotatable bonds is 8. The lowest BCUT2D eigenvalue weighted by molar-refractivity contribution is -0.121. The van der Waals surface area contributed by atoms with Crippen molar-refractivity contribution in [2.45, 2.75) is 66.5 Å². The number of carbonyl (C=O) groups excluding carboxylic acids is 1. The third-order valence-electron chi connectivity index (χ3n) is 5.18. The van der Waals surface area contributed by atoms with E-state index in [0.717, 1.165) is 28.8 Å². The Morgan fingerprint density at radius 1 is 1.22 bits per heavy atom. The second kappa shape index (κ2) is 8.69. The van der Waals surface area contributed by atoms with Crippen LogP contribution in [0.2, 0.25) is 0 Å². The highest BCUT2D eigenvalue weighted by Gasteiger charge is 2.16. The van der Waals surface area contributed by atoms with Gasteiger partial charge in [0, 0.05) is 49.6 Å². The zero-order chi connectivity index (χ0) is 20.3. The molecule has 0 unspecified atom stereocenters. The second-order valence-electron chi connectivity index (χ2n) is 7.77. The van der Waals surface area contributed by atoms with Crippen LogP contribution in [0.1, 0.15) is 50.9 Å². The Morgan fingerprint density at radius 2 is 1.85 bits per heavy atom. The smallest absolute Gasteiger partial charge is 0.253 e. The molecule has 0 aliphatic carbocycles. The normalized spacial score (nSPS) is 11.9. The van der Waals surface area contributed by atoms with Crippen molar-refractivity contribution in [2.24, 2.45) is 7.05 Å². The Balaban J connectivity index is 1.99. The van der Waals surface area contributed by atoms with Gasteiger partial charge in [-0.3, -0.25) is 19.2 Å². The predicted octanol–water partition coefficient (Wildman–Crippen LogP) is 2.05. The Hall–Kier alpha value is -2.15. The van der Waals surface area contributed by atoms with Gasteiger partial charge in [0.1, 0.15) is 5.65 Å². The molecule has 7 nitrogen and oxygen atoms in total. The molecule has 0 atom stereocenters. The molecule has 2 heterocycles. The van der Waals surface area contributed by atoms with Crippen LogP contribution in [0.3, 0.4) is 0 Å². The number of nitrogens with zero attached hydrogens (tertiary/aromatic N) is 3. The lowest BCUT2D eigenvalue weighted by atomic mass is 10.0. The van der Waals surface area contributed by atoms with Crippen LogP contribution in [0.4, 0.5) is 0 Å². The number of fused-ring (bicyclic) bond motifs is 1. The molecule has 0 fully saturated rings. The maximum Gasteiger partial charge on any atom is 0.253 e. The van der Waals surface area contributed by atoms with E-state index in [1.165, 1.54) is 0 Å². The Kier molecular flexibility index (Phi) is 6.81. The van der Waals surface area contributed by atoms with Gasteiger partial charge in [0.05, 0.1) is 5.69 Å². The minimum atomic E-state index is -0.137. The lowest BCUT2D eigenvalue weighted by Gasteiger charge is -2.30. The van der Waals surface area contributed by atoms with Crippen molar-refractivity contribution >= 4 is 16.9 Å². The maximum absolute atomic E-state index is 12.4. The SMILES string of the molecule is Cc1nn(C)c2[nH]c(=O)c(CCC(=O)NCCN(C(C)C)C(C)C)c(C)c12. The number of carbonyl (C=O) groups is 1. The average molecular weight is 376 g/mol. The van der Waals surface area contributed by atoms with Crippen molar-refractivity contribution in [3.05, 3.63) is 27.2 Å². The summed E-state index contributed by atoms with van der Waals surface area (Å²) in [5.74, 6) is -0.0238. The van der Waals surface area contributed by atoms with Crippen molar-refractivity contribution in [2.75, 3.05) is 13.1 Å². The van der Waals surface area contributed by atoms with Crippen LogP contribution >= 0.6 is 0 Å². The molecule has 2 N–H and O–H groups in total. The van der Waals surface area contributed by atoms with Gasteiger partial charge >= 0.3 is 0 Å². The third-order valence-corrected chi connectivity index (χ3v) is 5.18. The van der Waals surface area contributed by atoms with Crippen LogP contribution in [0.15, 0.2) is 4.79 Å². The molecule has 0 radical (unpaired) electrons. The molecule has 0 saturated heterocycles. The van der Waals surface area contributed by atoms with Gasteiger partial charge in [-0.15, -0.1) is 0 Å². The van der Waals surface area contributed by atoms with Crippen LogP contribution < -0.4 is 10.9 Å². The number of aromatic amines is 1. The van der Waals surface area contributed by atoms with E-state index in [-0.39, 0.29) is 11.5 Å². The number of aromatic nitrogens is 3. The van der Waals surface area contributed by atoms with Crippen LogP contribution in [0, 0.1) is 13.8 Å². The summed E-state index contributed by atoms with van der Waals surface area (Å²) in [6.45, 7) is 13.9. The first kappa shape index (κ1) is 21.2. The molecular formula is C20H33N5O2.